The molecule has 3 N–H and O–H groups in total. The molecule has 18 heavy (non-hydrogen) atoms. The maximum absolute atomic E-state index is 13.7. The molecular weight excluding hydrogens is 305 g/mol. The molecule has 0 fully saturated rings. The topological polar surface area (TPSA) is 73.3 Å². The fourth-order valence-corrected chi connectivity index (χ4v) is 2.00. The third-order valence-electron chi connectivity index (χ3n) is 2.55. The molecule has 0 atom stereocenters. The van der Waals surface area contributed by atoms with Gasteiger partial charge in [0.15, 0.2) is 17.3 Å². The van der Waals surface area contributed by atoms with Gasteiger partial charge in [-0.2, -0.15) is 5.10 Å². The predicted octanol–water partition coefficient (Wildman–Crippen LogP) is 2.29. The summed E-state index contributed by atoms with van der Waals surface area (Å²) in [5, 5.41) is 14.1. The van der Waals surface area contributed by atoms with Crippen molar-refractivity contribution in [3.05, 3.63) is 22.4 Å². The Morgan fingerprint density at radius 3 is 2.67 bits per heavy atom. The number of ether oxygens (including phenoxy) is 1. The summed E-state index contributed by atoms with van der Waals surface area (Å²) in [4.78, 5) is 0. The van der Waals surface area contributed by atoms with Gasteiger partial charge in [0, 0.05) is 18.7 Å². The number of phenols is 1. The van der Waals surface area contributed by atoms with Gasteiger partial charge in [0.1, 0.15) is 5.82 Å². The predicted molar refractivity (Wildman–Crippen MR) is 68.9 cm³/mol. The lowest BCUT2D eigenvalue weighted by molar-refractivity contribution is 0.351. The molecule has 0 radical (unpaired) electrons. The largest absolute Gasteiger partial charge is 0.504 e. The van der Waals surface area contributed by atoms with Gasteiger partial charge in [-0.25, -0.2) is 4.39 Å². The van der Waals surface area contributed by atoms with Crippen molar-refractivity contribution in [3.8, 4) is 22.8 Å². The summed E-state index contributed by atoms with van der Waals surface area (Å²) in [6.07, 6.45) is 0. The molecule has 2 aromatic rings. The number of halogens is 2. The highest BCUT2D eigenvalue weighted by Crippen LogP contribution is 2.42. The number of phenolic OH excluding ortho intramolecular Hbond substituents is 1. The molecule has 0 amide bonds. The van der Waals surface area contributed by atoms with Crippen molar-refractivity contribution in [2.24, 2.45) is 7.05 Å². The quantitative estimate of drug-likeness (QED) is 0.891. The van der Waals surface area contributed by atoms with Crippen molar-refractivity contribution in [2.75, 3.05) is 12.8 Å². The number of nitrogen functional groups attached to an aromatic ring is 1. The van der Waals surface area contributed by atoms with Crippen LogP contribution >= 0.6 is 15.9 Å². The van der Waals surface area contributed by atoms with Gasteiger partial charge in [0.05, 0.1) is 17.3 Å². The van der Waals surface area contributed by atoms with E-state index in [9.17, 15) is 9.50 Å². The summed E-state index contributed by atoms with van der Waals surface area (Å²) >= 11 is 3.06. The van der Waals surface area contributed by atoms with Gasteiger partial charge in [-0.1, -0.05) is 0 Å². The second-order valence-electron chi connectivity index (χ2n) is 3.68. The monoisotopic (exact) mass is 315 g/mol. The number of nitrogens with two attached hydrogens (primary N) is 1. The van der Waals surface area contributed by atoms with Gasteiger partial charge in [-0.3, -0.25) is 4.68 Å². The number of methoxy groups -OCH3 is 1. The van der Waals surface area contributed by atoms with Gasteiger partial charge in [0.25, 0.3) is 0 Å². The first-order chi connectivity index (χ1) is 8.45. The zero-order chi connectivity index (χ0) is 13.4. The molecule has 0 bridgehead atoms. The average molecular weight is 316 g/mol. The number of hydrogen-bond acceptors (Lipinski definition) is 4. The van der Waals surface area contributed by atoms with Crippen molar-refractivity contribution in [2.45, 2.75) is 0 Å². The summed E-state index contributed by atoms with van der Waals surface area (Å²) in [5.41, 5.74) is 6.45. The molecular formula is C11H11BrFN3O2. The summed E-state index contributed by atoms with van der Waals surface area (Å²) in [6, 6.07) is 3.01. The fourth-order valence-electron chi connectivity index (χ4n) is 1.59. The van der Waals surface area contributed by atoms with Crippen LogP contribution in [-0.2, 0) is 7.05 Å². The van der Waals surface area contributed by atoms with Gasteiger partial charge in [-0.05, 0) is 22.0 Å². The van der Waals surface area contributed by atoms with Gasteiger partial charge < -0.3 is 15.6 Å². The number of anilines is 1. The second kappa shape index (κ2) is 4.49. The number of aromatic hydroxyl groups is 1. The van der Waals surface area contributed by atoms with Gasteiger partial charge in [-0.15, -0.1) is 0 Å². The molecule has 0 unspecified atom stereocenters. The highest BCUT2D eigenvalue weighted by molar-refractivity contribution is 9.10. The maximum atomic E-state index is 13.7. The Labute approximate surface area is 111 Å². The smallest absolute Gasteiger partial charge is 0.198 e. The van der Waals surface area contributed by atoms with Gasteiger partial charge in [0.2, 0.25) is 0 Å². The number of rotatable bonds is 2. The Bertz CT molecular complexity index is 593. The maximum Gasteiger partial charge on any atom is 0.198 e. The first kappa shape index (κ1) is 12.7. The lowest BCUT2D eigenvalue weighted by atomic mass is 10.1. The van der Waals surface area contributed by atoms with E-state index in [2.05, 4.69) is 21.0 Å². The van der Waals surface area contributed by atoms with E-state index in [1.165, 1.54) is 17.9 Å². The van der Waals surface area contributed by atoms with Crippen molar-refractivity contribution in [1.29, 1.82) is 0 Å². The molecule has 0 aliphatic carbocycles. The minimum Gasteiger partial charge on any atom is -0.504 e. The first-order valence-electron chi connectivity index (χ1n) is 5.00. The molecule has 0 saturated heterocycles. The lowest BCUT2D eigenvalue weighted by Crippen LogP contribution is -1.97. The van der Waals surface area contributed by atoms with Crippen LogP contribution in [0.15, 0.2) is 16.6 Å². The minimum absolute atomic E-state index is 0.177. The molecule has 1 aromatic heterocycles. The number of hydrogen-bond donors (Lipinski definition) is 2. The van der Waals surface area contributed by atoms with Crippen LogP contribution < -0.4 is 10.5 Å². The standard InChI is InChI=1S/C11H11BrFN3O2/c1-16-8(14)4-7(15-16)5-3-6(12)9(13)11(18-2)10(5)17/h3-4,17H,14H2,1-2H3. The summed E-state index contributed by atoms with van der Waals surface area (Å²) < 4.78 is 20.1. The lowest BCUT2D eigenvalue weighted by Gasteiger charge is -2.09. The van der Waals surface area contributed by atoms with Crippen molar-refractivity contribution in [3.63, 3.8) is 0 Å². The number of nitrogens with zero attached hydrogens (tertiary/aromatic N) is 2. The Balaban J connectivity index is 2.68. The van der Waals surface area contributed by atoms with E-state index < -0.39 is 5.82 Å². The van der Waals surface area contributed by atoms with Crippen molar-refractivity contribution in [1.82, 2.24) is 9.78 Å². The Morgan fingerprint density at radius 1 is 1.50 bits per heavy atom. The number of aryl methyl sites for hydroxylation is 1. The van der Waals surface area contributed by atoms with Crippen LogP contribution in [0.25, 0.3) is 11.3 Å². The Morgan fingerprint density at radius 2 is 2.17 bits per heavy atom. The molecule has 0 saturated carbocycles. The van der Waals surface area contributed by atoms with Gasteiger partial charge >= 0.3 is 0 Å². The van der Waals surface area contributed by atoms with Crippen LogP contribution in [0.5, 0.6) is 11.5 Å². The molecule has 0 aliphatic rings. The van der Waals surface area contributed by atoms with Crippen LogP contribution in [0.4, 0.5) is 10.2 Å². The number of benzene rings is 1. The van der Waals surface area contributed by atoms with Crippen molar-refractivity contribution >= 4 is 21.7 Å². The van der Waals surface area contributed by atoms with E-state index in [0.29, 0.717) is 17.1 Å². The minimum atomic E-state index is -0.664. The average Bonchev–Trinajstić information content (AvgIpc) is 2.65. The third kappa shape index (κ3) is 1.90. The third-order valence-corrected chi connectivity index (χ3v) is 3.12. The second-order valence-corrected chi connectivity index (χ2v) is 4.53. The zero-order valence-electron chi connectivity index (χ0n) is 9.74. The van der Waals surface area contributed by atoms with E-state index in [0.717, 1.165) is 0 Å². The van der Waals surface area contributed by atoms with Crippen LogP contribution in [0.1, 0.15) is 0 Å². The van der Waals surface area contributed by atoms with Crippen LogP contribution in [-0.4, -0.2) is 22.0 Å². The van der Waals surface area contributed by atoms with Crippen LogP contribution in [0.3, 0.4) is 0 Å². The SMILES string of the molecule is COc1c(O)c(-c2cc(N)n(C)n2)cc(Br)c1F. The summed E-state index contributed by atoms with van der Waals surface area (Å²) in [7, 11) is 2.95. The van der Waals surface area contributed by atoms with Crippen LogP contribution in [0.2, 0.25) is 0 Å². The molecule has 0 aliphatic heterocycles. The highest BCUT2D eigenvalue weighted by Gasteiger charge is 2.20. The van der Waals surface area contributed by atoms with E-state index >= 15 is 0 Å². The molecule has 96 valence electrons. The van der Waals surface area contributed by atoms with Crippen molar-refractivity contribution < 1.29 is 14.2 Å². The molecule has 1 heterocycles. The molecule has 7 heteroatoms. The molecule has 0 spiro atoms. The first-order valence-corrected chi connectivity index (χ1v) is 5.79. The van der Waals surface area contributed by atoms with E-state index in [-0.39, 0.29) is 16.0 Å². The Hall–Kier alpha value is -1.76. The van der Waals surface area contributed by atoms with Crippen LogP contribution in [0, 0.1) is 5.82 Å². The summed E-state index contributed by atoms with van der Waals surface area (Å²) in [6.45, 7) is 0. The fraction of sp³-hybridized carbons (Fsp3) is 0.182. The number of aromatic nitrogens is 2. The zero-order valence-corrected chi connectivity index (χ0v) is 11.3. The van der Waals surface area contributed by atoms with E-state index in [1.54, 1.807) is 13.1 Å². The Kier molecular flexibility index (Phi) is 3.16. The molecule has 1 aromatic carbocycles. The normalized spacial score (nSPS) is 10.7. The highest BCUT2D eigenvalue weighted by atomic mass is 79.9. The van der Waals surface area contributed by atoms with E-state index in [4.69, 9.17) is 10.5 Å². The van der Waals surface area contributed by atoms with E-state index in [1.807, 2.05) is 0 Å². The molecule has 2 rings (SSSR count). The molecule has 5 nitrogen and oxygen atoms in total. The summed E-state index contributed by atoms with van der Waals surface area (Å²) in [5.74, 6) is -0.772.